The number of carbonyl (C=O) groups is 1. The van der Waals surface area contributed by atoms with E-state index in [4.69, 9.17) is 23.2 Å². The molecule has 2 rings (SSSR count). The van der Waals surface area contributed by atoms with Crippen molar-refractivity contribution in [2.75, 3.05) is 13.6 Å². The third kappa shape index (κ3) is 4.07. The third-order valence-corrected chi connectivity index (χ3v) is 4.17. The molecule has 21 heavy (non-hydrogen) atoms. The SMILES string of the molecule is CC(c1ccccc1Cl)N(C)CC(=O)c1ccc(Cl)cc1. The molecule has 1 atom stereocenters. The van der Waals surface area contributed by atoms with E-state index >= 15 is 0 Å². The van der Waals surface area contributed by atoms with Crippen molar-refractivity contribution in [1.29, 1.82) is 0 Å². The van der Waals surface area contributed by atoms with Gasteiger partial charge in [0.1, 0.15) is 0 Å². The van der Waals surface area contributed by atoms with Gasteiger partial charge in [0.2, 0.25) is 0 Å². The molecule has 4 heteroatoms. The Bertz CT molecular complexity index is 625. The molecule has 1 unspecified atom stereocenters. The third-order valence-electron chi connectivity index (χ3n) is 3.58. The van der Waals surface area contributed by atoms with Gasteiger partial charge in [0, 0.05) is 21.7 Å². The lowest BCUT2D eigenvalue weighted by atomic mass is 10.1. The van der Waals surface area contributed by atoms with Crippen LogP contribution in [0.3, 0.4) is 0 Å². The summed E-state index contributed by atoms with van der Waals surface area (Å²) in [5.74, 6) is 0.0630. The second kappa shape index (κ2) is 7.08. The number of likely N-dealkylation sites (N-methyl/N-ethyl adjacent to an activating group) is 1. The second-order valence-corrected chi connectivity index (χ2v) is 5.89. The zero-order valence-corrected chi connectivity index (χ0v) is 13.5. The summed E-state index contributed by atoms with van der Waals surface area (Å²) in [5.41, 5.74) is 1.68. The maximum absolute atomic E-state index is 12.3. The van der Waals surface area contributed by atoms with E-state index in [-0.39, 0.29) is 11.8 Å². The van der Waals surface area contributed by atoms with Crippen molar-refractivity contribution in [2.24, 2.45) is 0 Å². The molecule has 0 aromatic heterocycles. The summed E-state index contributed by atoms with van der Waals surface area (Å²) in [6.45, 7) is 2.37. The first kappa shape index (κ1) is 16.0. The molecule has 0 amide bonds. The van der Waals surface area contributed by atoms with Gasteiger partial charge in [0.15, 0.2) is 5.78 Å². The molecule has 0 aliphatic carbocycles. The molecule has 110 valence electrons. The summed E-state index contributed by atoms with van der Waals surface area (Å²) in [6.07, 6.45) is 0. The summed E-state index contributed by atoms with van der Waals surface area (Å²) in [4.78, 5) is 14.3. The van der Waals surface area contributed by atoms with Crippen LogP contribution in [0.4, 0.5) is 0 Å². The molecular formula is C17H17Cl2NO. The fourth-order valence-corrected chi connectivity index (χ4v) is 2.56. The lowest BCUT2D eigenvalue weighted by Gasteiger charge is -2.25. The van der Waals surface area contributed by atoms with Crippen molar-refractivity contribution in [3.8, 4) is 0 Å². The zero-order chi connectivity index (χ0) is 15.4. The summed E-state index contributed by atoms with van der Waals surface area (Å²) in [6, 6.07) is 14.7. The topological polar surface area (TPSA) is 20.3 Å². The van der Waals surface area contributed by atoms with Gasteiger partial charge in [-0.05, 0) is 49.9 Å². The van der Waals surface area contributed by atoms with Gasteiger partial charge in [-0.3, -0.25) is 9.69 Å². The summed E-state index contributed by atoms with van der Waals surface area (Å²) in [5, 5.41) is 1.35. The maximum atomic E-state index is 12.3. The predicted molar refractivity (Wildman–Crippen MR) is 88.3 cm³/mol. The highest BCUT2D eigenvalue weighted by Crippen LogP contribution is 2.26. The monoisotopic (exact) mass is 321 g/mol. The minimum atomic E-state index is 0.0630. The normalized spacial score (nSPS) is 12.4. The van der Waals surface area contributed by atoms with Crippen LogP contribution in [0.1, 0.15) is 28.9 Å². The van der Waals surface area contributed by atoms with E-state index in [2.05, 4.69) is 0 Å². The van der Waals surface area contributed by atoms with Gasteiger partial charge in [-0.25, -0.2) is 0 Å². The molecular weight excluding hydrogens is 305 g/mol. The fraction of sp³-hybridized carbons (Fsp3) is 0.235. The molecule has 2 aromatic carbocycles. The average molecular weight is 322 g/mol. The largest absolute Gasteiger partial charge is 0.293 e. The van der Waals surface area contributed by atoms with E-state index in [1.165, 1.54) is 0 Å². The Morgan fingerprint density at radius 2 is 1.71 bits per heavy atom. The fourth-order valence-electron chi connectivity index (χ4n) is 2.14. The number of hydrogen-bond donors (Lipinski definition) is 0. The second-order valence-electron chi connectivity index (χ2n) is 5.04. The molecule has 0 fully saturated rings. The Kier molecular flexibility index (Phi) is 5.40. The quantitative estimate of drug-likeness (QED) is 0.732. The van der Waals surface area contributed by atoms with Crippen molar-refractivity contribution < 1.29 is 4.79 Å². The van der Waals surface area contributed by atoms with Crippen LogP contribution >= 0.6 is 23.2 Å². The van der Waals surface area contributed by atoms with E-state index in [0.717, 1.165) is 10.6 Å². The van der Waals surface area contributed by atoms with Crippen LogP contribution in [0.15, 0.2) is 48.5 Å². The molecule has 0 spiro atoms. The van der Waals surface area contributed by atoms with Crippen molar-refractivity contribution >= 4 is 29.0 Å². The highest BCUT2D eigenvalue weighted by atomic mass is 35.5. The molecule has 0 aliphatic heterocycles. The van der Waals surface area contributed by atoms with Gasteiger partial charge in [-0.15, -0.1) is 0 Å². The number of nitrogens with zero attached hydrogens (tertiary/aromatic N) is 1. The number of rotatable bonds is 5. The van der Waals surface area contributed by atoms with Crippen LogP contribution in [-0.4, -0.2) is 24.3 Å². The molecule has 0 aliphatic rings. The Morgan fingerprint density at radius 1 is 1.10 bits per heavy atom. The Morgan fingerprint density at radius 3 is 2.33 bits per heavy atom. The van der Waals surface area contributed by atoms with Crippen LogP contribution in [0.2, 0.25) is 10.0 Å². The lowest BCUT2D eigenvalue weighted by Crippen LogP contribution is -2.29. The first-order valence-corrected chi connectivity index (χ1v) is 7.48. The number of Topliss-reactive ketones (excluding diaryl/α,β-unsaturated/α-hetero) is 1. The van der Waals surface area contributed by atoms with Crippen molar-refractivity contribution in [3.05, 3.63) is 69.7 Å². The zero-order valence-electron chi connectivity index (χ0n) is 12.0. The van der Waals surface area contributed by atoms with Crippen molar-refractivity contribution in [1.82, 2.24) is 4.90 Å². The van der Waals surface area contributed by atoms with Gasteiger partial charge >= 0.3 is 0 Å². The smallest absolute Gasteiger partial charge is 0.176 e. The number of hydrogen-bond acceptors (Lipinski definition) is 2. The first-order valence-electron chi connectivity index (χ1n) is 6.72. The number of carbonyl (C=O) groups excluding carboxylic acids is 1. The standard InChI is InChI=1S/C17H17Cl2NO/c1-12(15-5-3-4-6-16(15)19)20(2)11-17(21)13-7-9-14(18)10-8-13/h3-10,12H,11H2,1-2H3. The van der Waals surface area contributed by atoms with Gasteiger partial charge in [0.25, 0.3) is 0 Å². The number of halogens is 2. The predicted octanol–water partition coefficient (Wildman–Crippen LogP) is 4.87. The maximum Gasteiger partial charge on any atom is 0.176 e. The van der Waals surface area contributed by atoms with Crippen LogP contribution in [0, 0.1) is 0 Å². The molecule has 0 heterocycles. The Labute approximate surface area is 135 Å². The summed E-state index contributed by atoms with van der Waals surface area (Å²) in [7, 11) is 1.92. The van der Waals surface area contributed by atoms with Gasteiger partial charge < -0.3 is 0 Å². The van der Waals surface area contributed by atoms with E-state index in [1.54, 1.807) is 24.3 Å². The summed E-state index contributed by atoms with van der Waals surface area (Å²) < 4.78 is 0. The van der Waals surface area contributed by atoms with Crippen molar-refractivity contribution in [3.63, 3.8) is 0 Å². The minimum absolute atomic E-state index is 0.0630. The van der Waals surface area contributed by atoms with Crippen LogP contribution in [0.25, 0.3) is 0 Å². The van der Waals surface area contributed by atoms with Crippen LogP contribution in [0.5, 0.6) is 0 Å². The molecule has 0 radical (unpaired) electrons. The average Bonchev–Trinajstić information content (AvgIpc) is 2.47. The van der Waals surface area contributed by atoms with Gasteiger partial charge in [0.05, 0.1) is 6.54 Å². The van der Waals surface area contributed by atoms with Crippen molar-refractivity contribution in [2.45, 2.75) is 13.0 Å². The molecule has 0 saturated heterocycles. The summed E-state index contributed by atoms with van der Waals surface area (Å²) >= 11 is 12.0. The minimum Gasteiger partial charge on any atom is -0.293 e. The van der Waals surface area contributed by atoms with Gasteiger partial charge in [-0.2, -0.15) is 0 Å². The van der Waals surface area contributed by atoms with E-state index in [9.17, 15) is 4.79 Å². The van der Waals surface area contributed by atoms with Crippen LogP contribution < -0.4 is 0 Å². The first-order chi connectivity index (χ1) is 9.99. The lowest BCUT2D eigenvalue weighted by molar-refractivity contribution is 0.0925. The Hall–Kier alpha value is -1.35. The number of benzene rings is 2. The molecule has 2 aromatic rings. The molecule has 0 N–H and O–H groups in total. The van der Waals surface area contributed by atoms with E-state index in [1.807, 2.05) is 43.1 Å². The molecule has 0 saturated carbocycles. The van der Waals surface area contributed by atoms with Gasteiger partial charge in [-0.1, -0.05) is 41.4 Å². The highest BCUT2D eigenvalue weighted by Gasteiger charge is 2.17. The molecule has 2 nitrogen and oxygen atoms in total. The molecule has 0 bridgehead atoms. The van der Waals surface area contributed by atoms with Crippen LogP contribution in [-0.2, 0) is 0 Å². The Balaban J connectivity index is 2.07. The van der Waals surface area contributed by atoms with E-state index < -0.39 is 0 Å². The number of ketones is 1. The van der Waals surface area contributed by atoms with E-state index in [0.29, 0.717) is 17.1 Å². The highest BCUT2D eigenvalue weighted by molar-refractivity contribution is 6.31.